The smallest absolute Gasteiger partial charge is 0.229 e. The molecule has 1 aromatic rings. The Labute approximate surface area is 204 Å². The lowest BCUT2D eigenvalue weighted by Crippen LogP contribution is -2.56. The Morgan fingerprint density at radius 3 is 2.62 bits per heavy atom. The first-order valence-electron chi connectivity index (χ1n) is 13.6. The van der Waals surface area contributed by atoms with Crippen molar-refractivity contribution in [2.45, 2.75) is 97.0 Å². The van der Waals surface area contributed by atoms with Crippen molar-refractivity contribution >= 4 is 11.7 Å². The molecule has 1 unspecified atom stereocenters. The van der Waals surface area contributed by atoms with Gasteiger partial charge in [0.2, 0.25) is 5.91 Å². The van der Waals surface area contributed by atoms with Crippen molar-refractivity contribution < 1.29 is 9.90 Å². The Bertz CT molecular complexity index is 971. The van der Waals surface area contributed by atoms with Crippen molar-refractivity contribution in [1.29, 1.82) is 5.26 Å². The van der Waals surface area contributed by atoms with E-state index in [1.807, 2.05) is 0 Å². The van der Waals surface area contributed by atoms with Crippen LogP contribution in [0.4, 0.5) is 5.82 Å². The monoisotopic (exact) mass is 463 g/mol. The van der Waals surface area contributed by atoms with Gasteiger partial charge in [-0.05, 0) is 111 Å². The van der Waals surface area contributed by atoms with Gasteiger partial charge in [-0.1, -0.05) is 27.2 Å². The first-order chi connectivity index (χ1) is 16.2. The van der Waals surface area contributed by atoms with E-state index in [0.717, 1.165) is 57.3 Å². The van der Waals surface area contributed by atoms with E-state index >= 15 is 0 Å². The third kappa shape index (κ3) is 3.77. The Morgan fingerprint density at radius 2 is 1.91 bits per heavy atom. The molecule has 0 aliphatic heterocycles. The minimum atomic E-state index is -0.440. The summed E-state index contributed by atoms with van der Waals surface area (Å²) in [5.74, 6) is 3.38. The summed E-state index contributed by atoms with van der Waals surface area (Å²) in [6.45, 7) is 7.11. The van der Waals surface area contributed by atoms with Crippen LogP contribution in [0.3, 0.4) is 0 Å². The van der Waals surface area contributed by atoms with Crippen LogP contribution in [0.1, 0.15) is 97.0 Å². The minimum absolute atomic E-state index is 0.0300. The summed E-state index contributed by atoms with van der Waals surface area (Å²) in [5, 5.41) is 23.2. The van der Waals surface area contributed by atoms with E-state index in [4.69, 9.17) is 5.26 Å². The van der Waals surface area contributed by atoms with Crippen LogP contribution in [0.5, 0.6) is 0 Å². The molecule has 1 amide bonds. The zero-order valence-electron chi connectivity index (χ0n) is 21.1. The van der Waals surface area contributed by atoms with Crippen LogP contribution < -0.4 is 5.32 Å². The second-order valence-electron chi connectivity index (χ2n) is 12.5. The number of pyridine rings is 1. The average molecular weight is 464 g/mol. The molecular weight excluding hydrogens is 422 g/mol. The van der Waals surface area contributed by atoms with Gasteiger partial charge < -0.3 is 10.4 Å². The zero-order valence-corrected chi connectivity index (χ0v) is 21.1. The van der Waals surface area contributed by atoms with E-state index in [1.54, 1.807) is 12.1 Å². The molecule has 0 bridgehead atoms. The van der Waals surface area contributed by atoms with Crippen LogP contribution in [0.15, 0.2) is 18.3 Å². The molecule has 34 heavy (non-hydrogen) atoms. The fourth-order valence-electron chi connectivity index (χ4n) is 9.19. The Balaban J connectivity index is 1.30. The molecule has 184 valence electrons. The molecule has 4 aliphatic carbocycles. The summed E-state index contributed by atoms with van der Waals surface area (Å²) in [7, 11) is 0. The van der Waals surface area contributed by atoms with Crippen molar-refractivity contribution in [1.82, 2.24) is 4.98 Å². The molecular formula is C29H41N3O2. The van der Waals surface area contributed by atoms with Crippen LogP contribution in [0.25, 0.3) is 0 Å². The highest BCUT2D eigenvalue weighted by atomic mass is 16.3. The predicted molar refractivity (Wildman–Crippen MR) is 133 cm³/mol. The van der Waals surface area contributed by atoms with Gasteiger partial charge in [0, 0.05) is 12.1 Å². The van der Waals surface area contributed by atoms with E-state index in [9.17, 15) is 9.90 Å². The average Bonchev–Trinajstić information content (AvgIpc) is 3.18. The van der Waals surface area contributed by atoms with Crippen LogP contribution in [0.2, 0.25) is 0 Å². The maximum absolute atomic E-state index is 13.4. The molecule has 0 radical (unpaired) electrons. The number of carbonyl (C=O) groups excluding carboxylic acids is 1. The van der Waals surface area contributed by atoms with Crippen molar-refractivity contribution in [3.8, 4) is 6.07 Å². The SMILES string of the molecule is CCC[C@@]1(O)CC[C@@]2(C)[C@H](CCC3[C@@H]2CC[C@]2(C)[C@@H](C(=O)Nc4ccc(C#N)cn4)CC[C@@H]32)C1. The number of nitrogens with zero attached hydrogens (tertiary/aromatic N) is 2. The first kappa shape index (κ1) is 23.8. The summed E-state index contributed by atoms with van der Waals surface area (Å²) in [6.07, 6.45) is 13.6. The number of nitrogens with one attached hydrogen (secondary N) is 1. The topological polar surface area (TPSA) is 86.0 Å². The Hall–Kier alpha value is -1.93. The number of aliphatic hydroxyl groups is 1. The highest BCUT2D eigenvalue weighted by Gasteiger charge is 2.62. The number of amides is 1. The zero-order chi connectivity index (χ0) is 24.1. The van der Waals surface area contributed by atoms with Gasteiger partial charge in [0.25, 0.3) is 0 Å². The van der Waals surface area contributed by atoms with E-state index in [-0.39, 0.29) is 17.2 Å². The molecule has 0 aromatic carbocycles. The molecule has 5 rings (SSSR count). The molecule has 0 spiro atoms. The number of carbonyl (C=O) groups is 1. The van der Waals surface area contributed by atoms with Gasteiger partial charge in [-0.2, -0.15) is 5.26 Å². The van der Waals surface area contributed by atoms with Gasteiger partial charge >= 0.3 is 0 Å². The molecule has 5 nitrogen and oxygen atoms in total. The van der Waals surface area contributed by atoms with Crippen LogP contribution in [-0.4, -0.2) is 21.6 Å². The summed E-state index contributed by atoms with van der Waals surface area (Å²) in [4.78, 5) is 17.6. The van der Waals surface area contributed by atoms with E-state index in [1.165, 1.54) is 25.5 Å². The summed E-state index contributed by atoms with van der Waals surface area (Å²) in [6, 6.07) is 5.51. The maximum atomic E-state index is 13.4. The quantitative estimate of drug-likeness (QED) is 0.566. The number of anilines is 1. The molecule has 0 saturated heterocycles. The van der Waals surface area contributed by atoms with Crippen molar-refractivity contribution in [3.05, 3.63) is 23.9 Å². The van der Waals surface area contributed by atoms with Crippen LogP contribution in [-0.2, 0) is 4.79 Å². The predicted octanol–water partition coefficient (Wildman–Crippen LogP) is 6.08. The molecule has 8 atom stereocenters. The molecule has 1 heterocycles. The lowest BCUT2D eigenvalue weighted by atomic mass is 9.43. The summed E-state index contributed by atoms with van der Waals surface area (Å²) >= 11 is 0. The van der Waals surface area contributed by atoms with Gasteiger partial charge in [0.15, 0.2) is 0 Å². The highest BCUT2D eigenvalue weighted by Crippen LogP contribution is 2.68. The number of nitriles is 1. The van der Waals surface area contributed by atoms with Gasteiger partial charge in [0.05, 0.1) is 11.2 Å². The van der Waals surface area contributed by atoms with Crippen LogP contribution >= 0.6 is 0 Å². The molecule has 1 aromatic heterocycles. The Morgan fingerprint density at radius 1 is 1.12 bits per heavy atom. The largest absolute Gasteiger partial charge is 0.390 e. The lowest BCUT2D eigenvalue weighted by molar-refractivity contribution is -0.154. The maximum Gasteiger partial charge on any atom is 0.229 e. The van der Waals surface area contributed by atoms with E-state index in [0.29, 0.717) is 34.6 Å². The third-order valence-electron chi connectivity index (χ3n) is 11.0. The van der Waals surface area contributed by atoms with E-state index in [2.05, 4.69) is 37.1 Å². The summed E-state index contributed by atoms with van der Waals surface area (Å²) < 4.78 is 0. The van der Waals surface area contributed by atoms with Crippen molar-refractivity contribution in [2.75, 3.05) is 5.32 Å². The third-order valence-corrected chi connectivity index (χ3v) is 11.0. The fourth-order valence-corrected chi connectivity index (χ4v) is 9.19. The Kier molecular flexibility index (Phi) is 6.04. The summed E-state index contributed by atoms with van der Waals surface area (Å²) in [5.41, 5.74) is 0.463. The van der Waals surface area contributed by atoms with Crippen LogP contribution in [0, 0.1) is 51.8 Å². The standard InChI is InChI=1S/C29H41N3O2/c1-4-12-29(34)15-14-27(2)20(16-29)6-7-21-22-8-9-24(28(22,3)13-11-23(21)27)26(33)32-25-10-5-19(17-30)18-31-25/h5,10,18,20-24,34H,4,6-9,11-16H2,1-3H3,(H,31,32,33)/t20-,21?,22+,23+,24-,27+,28+,29-/m1/s1. The molecule has 4 saturated carbocycles. The van der Waals surface area contributed by atoms with Gasteiger partial charge in [0.1, 0.15) is 11.9 Å². The molecule has 4 fully saturated rings. The highest BCUT2D eigenvalue weighted by molar-refractivity contribution is 5.92. The fraction of sp³-hybridized carbons (Fsp3) is 0.759. The van der Waals surface area contributed by atoms with Crippen molar-refractivity contribution in [2.24, 2.45) is 40.4 Å². The second-order valence-corrected chi connectivity index (χ2v) is 12.5. The van der Waals surface area contributed by atoms with Gasteiger partial charge in [-0.3, -0.25) is 4.79 Å². The molecule has 5 heteroatoms. The lowest BCUT2D eigenvalue weighted by Gasteiger charge is -2.62. The molecule has 2 N–H and O–H groups in total. The van der Waals surface area contributed by atoms with Gasteiger partial charge in [-0.15, -0.1) is 0 Å². The molecule has 4 aliphatic rings. The van der Waals surface area contributed by atoms with E-state index < -0.39 is 5.60 Å². The number of fused-ring (bicyclic) bond motifs is 5. The second kappa shape index (κ2) is 8.63. The number of aromatic nitrogens is 1. The first-order valence-corrected chi connectivity index (χ1v) is 13.6. The van der Waals surface area contributed by atoms with Crippen molar-refractivity contribution in [3.63, 3.8) is 0 Å². The number of hydrogen-bond acceptors (Lipinski definition) is 4. The van der Waals surface area contributed by atoms with Gasteiger partial charge in [-0.25, -0.2) is 4.98 Å². The number of rotatable bonds is 4. The normalized spacial score (nSPS) is 43.2. The number of hydrogen-bond donors (Lipinski definition) is 2. The minimum Gasteiger partial charge on any atom is -0.390 e.